The van der Waals surface area contributed by atoms with Crippen LogP contribution in [0.1, 0.15) is 21.7 Å². The van der Waals surface area contributed by atoms with Crippen molar-refractivity contribution in [3.8, 4) is 5.69 Å². The first kappa shape index (κ1) is 21.6. The van der Waals surface area contributed by atoms with Crippen molar-refractivity contribution in [3.63, 3.8) is 0 Å². The van der Waals surface area contributed by atoms with Gasteiger partial charge in [-0.15, -0.1) is 0 Å². The summed E-state index contributed by atoms with van der Waals surface area (Å²) >= 11 is 6.26. The van der Waals surface area contributed by atoms with Crippen LogP contribution in [0.2, 0.25) is 5.02 Å². The SMILES string of the molecule is Cc1cc(=O)c(C(=O)NCc2ccc(N3CCNC(=O)C3)cc2)nn1-c1ccccc1Cl. The summed E-state index contributed by atoms with van der Waals surface area (Å²) in [5.41, 5.74) is 2.30. The molecule has 0 bridgehead atoms. The summed E-state index contributed by atoms with van der Waals surface area (Å²) < 4.78 is 1.49. The molecule has 0 unspecified atom stereocenters. The van der Waals surface area contributed by atoms with E-state index in [-0.39, 0.29) is 18.1 Å². The van der Waals surface area contributed by atoms with Crippen molar-refractivity contribution in [1.82, 2.24) is 20.4 Å². The van der Waals surface area contributed by atoms with E-state index >= 15 is 0 Å². The Morgan fingerprint density at radius 3 is 2.62 bits per heavy atom. The van der Waals surface area contributed by atoms with E-state index in [1.807, 2.05) is 29.2 Å². The Hall–Kier alpha value is -3.65. The Morgan fingerprint density at radius 1 is 1.16 bits per heavy atom. The molecule has 0 saturated carbocycles. The van der Waals surface area contributed by atoms with E-state index in [4.69, 9.17) is 11.6 Å². The molecule has 1 aliphatic heterocycles. The standard InChI is InChI=1S/C23H22ClN5O3/c1-15-12-20(30)22(27-29(15)19-5-3-2-4-18(19)24)23(32)26-13-16-6-8-17(9-7-16)28-11-10-25-21(31)14-28/h2-9,12H,10-11,13-14H2,1H3,(H,25,31)(H,26,32). The van der Waals surface area contributed by atoms with Crippen LogP contribution in [0.4, 0.5) is 5.69 Å². The Balaban J connectivity index is 1.47. The number of hydrogen-bond donors (Lipinski definition) is 2. The van der Waals surface area contributed by atoms with Crippen LogP contribution in [0.3, 0.4) is 0 Å². The minimum Gasteiger partial charge on any atom is -0.360 e. The molecule has 2 heterocycles. The van der Waals surface area contributed by atoms with Crippen molar-refractivity contribution in [2.75, 3.05) is 24.5 Å². The molecule has 3 aromatic rings. The van der Waals surface area contributed by atoms with Crippen LogP contribution in [0.5, 0.6) is 0 Å². The number of nitrogens with one attached hydrogen (secondary N) is 2. The second-order valence-corrected chi connectivity index (χ2v) is 7.89. The lowest BCUT2D eigenvalue weighted by Gasteiger charge is -2.28. The van der Waals surface area contributed by atoms with Gasteiger partial charge in [-0.2, -0.15) is 5.10 Å². The number of carbonyl (C=O) groups is 2. The fourth-order valence-corrected chi connectivity index (χ4v) is 3.74. The van der Waals surface area contributed by atoms with Crippen molar-refractivity contribution in [2.45, 2.75) is 13.5 Å². The lowest BCUT2D eigenvalue weighted by molar-refractivity contribution is -0.120. The molecule has 0 radical (unpaired) electrons. The first-order valence-electron chi connectivity index (χ1n) is 10.2. The van der Waals surface area contributed by atoms with E-state index < -0.39 is 11.3 Å². The first-order valence-corrected chi connectivity index (χ1v) is 10.5. The maximum absolute atomic E-state index is 12.7. The molecule has 1 saturated heterocycles. The summed E-state index contributed by atoms with van der Waals surface area (Å²) in [5.74, 6) is -0.562. The Bertz CT molecular complexity index is 1220. The molecule has 1 aromatic heterocycles. The number of amides is 2. The summed E-state index contributed by atoms with van der Waals surface area (Å²) in [6.45, 7) is 3.66. The van der Waals surface area contributed by atoms with Crippen LogP contribution in [-0.4, -0.2) is 41.2 Å². The average molecular weight is 452 g/mol. The number of rotatable bonds is 5. The van der Waals surface area contributed by atoms with E-state index in [0.717, 1.165) is 17.8 Å². The number of aryl methyl sites for hydroxylation is 1. The van der Waals surface area contributed by atoms with Crippen LogP contribution in [0.15, 0.2) is 59.4 Å². The van der Waals surface area contributed by atoms with Crippen LogP contribution in [0, 0.1) is 6.92 Å². The van der Waals surface area contributed by atoms with Gasteiger partial charge in [0.2, 0.25) is 11.3 Å². The predicted molar refractivity (Wildman–Crippen MR) is 122 cm³/mol. The molecule has 164 valence electrons. The average Bonchev–Trinajstić information content (AvgIpc) is 2.79. The minimum absolute atomic E-state index is 0.000587. The van der Waals surface area contributed by atoms with Crippen molar-refractivity contribution in [2.24, 2.45) is 0 Å². The number of carbonyl (C=O) groups excluding carboxylic acids is 2. The molecule has 0 atom stereocenters. The number of halogens is 1. The Kier molecular flexibility index (Phi) is 6.23. The number of aromatic nitrogens is 2. The summed E-state index contributed by atoms with van der Waals surface area (Å²) in [6.07, 6.45) is 0. The number of benzene rings is 2. The van der Waals surface area contributed by atoms with Crippen LogP contribution in [0.25, 0.3) is 5.69 Å². The van der Waals surface area contributed by atoms with Crippen LogP contribution >= 0.6 is 11.6 Å². The first-order chi connectivity index (χ1) is 15.4. The molecule has 1 aliphatic rings. The van der Waals surface area contributed by atoms with E-state index in [9.17, 15) is 14.4 Å². The number of hydrogen-bond acceptors (Lipinski definition) is 5. The third-order valence-corrected chi connectivity index (χ3v) is 5.52. The molecule has 0 spiro atoms. The summed E-state index contributed by atoms with van der Waals surface area (Å²) in [6, 6.07) is 16.0. The fraction of sp³-hybridized carbons (Fsp3) is 0.217. The van der Waals surface area contributed by atoms with Gasteiger partial charge in [-0.3, -0.25) is 14.4 Å². The van der Waals surface area contributed by atoms with Gasteiger partial charge in [-0.1, -0.05) is 35.9 Å². The largest absolute Gasteiger partial charge is 0.360 e. The van der Waals surface area contributed by atoms with Crippen molar-refractivity contribution >= 4 is 29.1 Å². The molecule has 2 amide bonds. The van der Waals surface area contributed by atoms with Crippen molar-refractivity contribution in [3.05, 3.63) is 86.8 Å². The van der Waals surface area contributed by atoms with Gasteiger partial charge in [-0.05, 0) is 36.8 Å². The zero-order chi connectivity index (χ0) is 22.7. The topological polar surface area (TPSA) is 96.3 Å². The molecular formula is C23H22ClN5O3. The van der Waals surface area contributed by atoms with E-state index in [1.165, 1.54) is 10.7 Å². The molecule has 8 nitrogen and oxygen atoms in total. The summed E-state index contributed by atoms with van der Waals surface area (Å²) in [4.78, 5) is 38.7. The second-order valence-electron chi connectivity index (χ2n) is 7.48. The van der Waals surface area contributed by atoms with Gasteiger partial charge in [0.15, 0.2) is 5.69 Å². The van der Waals surface area contributed by atoms with E-state index in [2.05, 4.69) is 15.7 Å². The lowest BCUT2D eigenvalue weighted by atomic mass is 10.1. The number of anilines is 1. The zero-order valence-electron chi connectivity index (χ0n) is 17.5. The van der Waals surface area contributed by atoms with Crippen molar-refractivity contribution in [1.29, 1.82) is 0 Å². The molecule has 0 aliphatic carbocycles. The normalized spacial score (nSPS) is 13.6. The quantitative estimate of drug-likeness (QED) is 0.619. The second kappa shape index (κ2) is 9.23. The molecule has 32 heavy (non-hydrogen) atoms. The van der Waals surface area contributed by atoms with Gasteiger partial charge in [0.1, 0.15) is 0 Å². The Morgan fingerprint density at radius 2 is 1.91 bits per heavy atom. The maximum atomic E-state index is 12.7. The number of piperazine rings is 1. The predicted octanol–water partition coefficient (Wildman–Crippen LogP) is 2.06. The van der Waals surface area contributed by atoms with E-state index in [0.29, 0.717) is 29.5 Å². The van der Waals surface area contributed by atoms with Crippen LogP contribution < -0.4 is 21.0 Å². The molecule has 2 aromatic carbocycles. The minimum atomic E-state index is -0.562. The molecule has 1 fully saturated rings. The monoisotopic (exact) mass is 451 g/mol. The van der Waals surface area contributed by atoms with Gasteiger partial charge < -0.3 is 15.5 Å². The van der Waals surface area contributed by atoms with Gasteiger partial charge in [0.25, 0.3) is 5.91 Å². The van der Waals surface area contributed by atoms with E-state index in [1.54, 1.807) is 31.2 Å². The highest BCUT2D eigenvalue weighted by atomic mass is 35.5. The smallest absolute Gasteiger partial charge is 0.276 e. The van der Waals surface area contributed by atoms with Crippen molar-refractivity contribution < 1.29 is 9.59 Å². The number of para-hydroxylation sites is 1. The third kappa shape index (κ3) is 4.65. The van der Waals surface area contributed by atoms with Gasteiger partial charge in [-0.25, -0.2) is 4.68 Å². The molecule has 4 rings (SSSR count). The highest BCUT2D eigenvalue weighted by Crippen LogP contribution is 2.20. The lowest BCUT2D eigenvalue weighted by Crippen LogP contribution is -2.47. The number of nitrogens with zero attached hydrogens (tertiary/aromatic N) is 3. The maximum Gasteiger partial charge on any atom is 0.276 e. The Labute approximate surface area is 189 Å². The third-order valence-electron chi connectivity index (χ3n) is 5.20. The molecule has 9 heteroatoms. The van der Waals surface area contributed by atoms with Crippen LogP contribution in [-0.2, 0) is 11.3 Å². The highest BCUT2D eigenvalue weighted by molar-refractivity contribution is 6.32. The molecule has 2 N–H and O–H groups in total. The fourth-order valence-electron chi connectivity index (χ4n) is 3.52. The zero-order valence-corrected chi connectivity index (χ0v) is 18.2. The van der Waals surface area contributed by atoms with Gasteiger partial charge >= 0.3 is 0 Å². The van der Waals surface area contributed by atoms with Gasteiger partial charge in [0.05, 0.1) is 17.3 Å². The molecular weight excluding hydrogens is 430 g/mol. The summed E-state index contributed by atoms with van der Waals surface area (Å²) in [5, 5.41) is 10.3. The summed E-state index contributed by atoms with van der Waals surface area (Å²) in [7, 11) is 0. The van der Waals surface area contributed by atoms with Gasteiger partial charge in [0, 0.05) is 37.1 Å². The highest BCUT2D eigenvalue weighted by Gasteiger charge is 2.18.